The van der Waals surface area contributed by atoms with Crippen LogP contribution in [0.4, 0.5) is 0 Å². The van der Waals surface area contributed by atoms with Crippen molar-refractivity contribution in [3.05, 3.63) is 42.0 Å². The summed E-state index contributed by atoms with van der Waals surface area (Å²) in [6.07, 6.45) is 5.16. The molecule has 6 heteroatoms. The largest absolute Gasteiger partial charge is 0.497 e. The summed E-state index contributed by atoms with van der Waals surface area (Å²) < 4.78 is 35.6. The molecule has 1 saturated carbocycles. The fourth-order valence-corrected chi connectivity index (χ4v) is 7.21. The van der Waals surface area contributed by atoms with E-state index in [0.29, 0.717) is 0 Å². The first-order chi connectivity index (χ1) is 12.0. The molecule has 4 rings (SSSR count). The van der Waals surface area contributed by atoms with E-state index in [4.69, 9.17) is 4.74 Å². The van der Waals surface area contributed by atoms with Crippen LogP contribution in [0.15, 0.2) is 40.8 Å². The molecule has 1 aromatic carbocycles. The minimum Gasteiger partial charge on any atom is -0.497 e. The molecule has 134 valence electrons. The standard InChI is InChI=1S/C19H24N2O3S/c1-4-21(5-2)18-19(14-8-10-16(24-3)11-9-14)15-7-6-13(12-15)17(19)25(22,23)20-18/h6-11,13,15,17H,4-5,12H2,1-3H3/t13-,15+,17-,19+/m0/s1. The number of likely N-dealkylation sites (N-methyl/N-ethyl adjacent to an activating group) is 1. The van der Waals surface area contributed by atoms with E-state index in [1.165, 1.54) is 0 Å². The van der Waals surface area contributed by atoms with Crippen LogP contribution in [0.25, 0.3) is 0 Å². The van der Waals surface area contributed by atoms with Crippen molar-refractivity contribution in [3.63, 3.8) is 0 Å². The zero-order valence-electron chi connectivity index (χ0n) is 14.8. The summed E-state index contributed by atoms with van der Waals surface area (Å²) in [5.41, 5.74) is 0.457. The minimum absolute atomic E-state index is 0.0499. The highest BCUT2D eigenvalue weighted by molar-refractivity contribution is 7.91. The Bertz CT molecular complexity index is 840. The van der Waals surface area contributed by atoms with Gasteiger partial charge in [-0.15, -0.1) is 4.40 Å². The van der Waals surface area contributed by atoms with Crippen LogP contribution in [0, 0.1) is 11.8 Å². The van der Waals surface area contributed by atoms with Crippen LogP contribution in [-0.4, -0.2) is 44.6 Å². The van der Waals surface area contributed by atoms with Crippen molar-refractivity contribution in [1.29, 1.82) is 0 Å². The van der Waals surface area contributed by atoms with Gasteiger partial charge in [-0.1, -0.05) is 24.3 Å². The third kappa shape index (κ3) is 2.06. The van der Waals surface area contributed by atoms with Crippen LogP contribution in [0.1, 0.15) is 25.8 Å². The van der Waals surface area contributed by atoms with E-state index in [-0.39, 0.29) is 11.8 Å². The van der Waals surface area contributed by atoms with Gasteiger partial charge in [-0.3, -0.25) is 0 Å². The van der Waals surface area contributed by atoms with Crippen molar-refractivity contribution in [2.75, 3.05) is 20.2 Å². The monoisotopic (exact) mass is 360 g/mol. The third-order valence-corrected chi connectivity index (χ3v) is 7.87. The summed E-state index contributed by atoms with van der Waals surface area (Å²) in [7, 11) is -1.89. The SMILES string of the molecule is CCN(CC)C1=NS(=O)(=O)[C@H]2[C@H]3C=C[C@H](C3)[C@@]12c1ccc(OC)cc1. The Kier molecular flexibility index (Phi) is 3.72. The molecule has 0 aromatic heterocycles. The summed E-state index contributed by atoms with van der Waals surface area (Å²) in [6.45, 7) is 5.60. The number of rotatable bonds is 4. The molecule has 1 aliphatic heterocycles. The average Bonchev–Trinajstić information content (AvgIpc) is 3.27. The Labute approximate surface area is 149 Å². The van der Waals surface area contributed by atoms with Gasteiger partial charge in [0.15, 0.2) is 0 Å². The molecule has 0 saturated heterocycles. The van der Waals surface area contributed by atoms with Gasteiger partial charge in [-0.2, -0.15) is 0 Å². The van der Waals surface area contributed by atoms with Crippen LogP contribution in [0.3, 0.4) is 0 Å². The van der Waals surface area contributed by atoms with Crippen LogP contribution < -0.4 is 4.74 Å². The van der Waals surface area contributed by atoms with Gasteiger partial charge in [0.05, 0.1) is 12.5 Å². The lowest BCUT2D eigenvalue weighted by Crippen LogP contribution is -2.53. The molecule has 0 amide bonds. The normalized spacial score (nSPS) is 34.0. The van der Waals surface area contributed by atoms with E-state index in [1.807, 2.05) is 24.3 Å². The van der Waals surface area contributed by atoms with Crippen molar-refractivity contribution in [2.24, 2.45) is 16.2 Å². The summed E-state index contributed by atoms with van der Waals surface area (Å²) >= 11 is 0. The Balaban J connectivity index is 1.96. The Hall–Kier alpha value is -1.82. The molecular formula is C19H24N2O3S. The number of nitrogens with zero attached hydrogens (tertiary/aromatic N) is 2. The fourth-order valence-electron chi connectivity index (χ4n) is 5.06. The molecule has 25 heavy (non-hydrogen) atoms. The van der Waals surface area contributed by atoms with E-state index in [0.717, 1.165) is 36.7 Å². The maximum absolute atomic E-state index is 13.0. The van der Waals surface area contributed by atoms with Gasteiger partial charge < -0.3 is 9.64 Å². The highest BCUT2D eigenvalue weighted by atomic mass is 32.2. The number of amidine groups is 1. The van der Waals surface area contributed by atoms with E-state index in [1.54, 1.807) is 7.11 Å². The maximum atomic E-state index is 13.0. The van der Waals surface area contributed by atoms with Crippen LogP contribution >= 0.6 is 0 Å². The van der Waals surface area contributed by atoms with Crippen LogP contribution in [0.5, 0.6) is 5.75 Å². The number of hydrogen-bond acceptors (Lipinski definition) is 4. The van der Waals surface area contributed by atoms with E-state index < -0.39 is 20.7 Å². The van der Waals surface area contributed by atoms with Gasteiger partial charge >= 0.3 is 0 Å². The molecule has 2 bridgehead atoms. The van der Waals surface area contributed by atoms with Crippen molar-refractivity contribution >= 4 is 15.9 Å². The Morgan fingerprint density at radius 3 is 2.48 bits per heavy atom. The van der Waals surface area contributed by atoms with E-state index >= 15 is 0 Å². The molecule has 0 spiro atoms. The number of fused-ring (bicyclic) bond motifs is 5. The van der Waals surface area contributed by atoms with Crippen LogP contribution in [0.2, 0.25) is 0 Å². The number of benzene rings is 1. The molecule has 4 atom stereocenters. The summed E-state index contributed by atoms with van der Waals surface area (Å²) in [4.78, 5) is 2.11. The van der Waals surface area contributed by atoms with Gasteiger partial charge in [-0.25, -0.2) is 8.42 Å². The average molecular weight is 360 g/mol. The Morgan fingerprint density at radius 1 is 1.20 bits per heavy atom. The minimum atomic E-state index is -3.53. The highest BCUT2D eigenvalue weighted by Gasteiger charge is 2.68. The smallest absolute Gasteiger partial charge is 0.259 e. The number of ether oxygens (including phenoxy) is 1. The lowest BCUT2D eigenvalue weighted by molar-refractivity contribution is 0.384. The lowest BCUT2D eigenvalue weighted by Gasteiger charge is -2.40. The summed E-state index contributed by atoms with van der Waals surface area (Å²) in [5.74, 6) is 1.73. The molecule has 0 unspecified atom stereocenters. The van der Waals surface area contributed by atoms with Gasteiger partial charge in [0, 0.05) is 13.1 Å². The molecule has 5 nitrogen and oxygen atoms in total. The van der Waals surface area contributed by atoms with Crippen molar-refractivity contribution < 1.29 is 13.2 Å². The van der Waals surface area contributed by atoms with E-state index in [2.05, 4.69) is 35.3 Å². The predicted octanol–water partition coefficient (Wildman–Crippen LogP) is 2.59. The number of methoxy groups -OCH3 is 1. The first-order valence-electron chi connectivity index (χ1n) is 8.91. The molecule has 0 radical (unpaired) electrons. The topological polar surface area (TPSA) is 59.0 Å². The zero-order valence-corrected chi connectivity index (χ0v) is 15.7. The predicted molar refractivity (Wildman–Crippen MR) is 98.5 cm³/mol. The molecule has 1 heterocycles. The highest BCUT2D eigenvalue weighted by Crippen LogP contribution is 2.60. The summed E-state index contributed by atoms with van der Waals surface area (Å²) in [6, 6.07) is 7.86. The molecule has 3 aliphatic rings. The second-order valence-electron chi connectivity index (χ2n) is 7.01. The second kappa shape index (κ2) is 5.59. The lowest BCUT2D eigenvalue weighted by atomic mass is 9.68. The van der Waals surface area contributed by atoms with Gasteiger partial charge in [0.1, 0.15) is 16.8 Å². The number of sulfonamides is 1. The fraction of sp³-hybridized carbons (Fsp3) is 0.526. The summed E-state index contributed by atoms with van der Waals surface area (Å²) in [5, 5.41) is -0.487. The molecular weight excluding hydrogens is 336 g/mol. The molecule has 1 aromatic rings. The second-order valence-corrected chi connectivity index (χ2v) is 8.73. The maximum Gasteiger partial charge on any atom is 0.259 e. The molecule has 0 N–H and O–H groups in total. The third-order valence-electron chi connectivity index (χ3n) is 6.07. The first-order valence-corrected chi connectivity index (χ1v) is 10.4. The van der Waals surface area contributed by atoms with Gasteiger partial charge in [0.2, 0.25) is 0 Å². The van der Waals surface area contributed by atoms with E-state index in [9.17, 15) is 8.42 Å². The molecule has 1 fully saturated rings. The van der Waals surface area contributed by atoms with Crippen LogP contribution in [-0.2, 0) is 15.4 Å². The number of allylic oxidation sites excluding steroid dienone is 2. The quantitative estimate of drug-likeness (QED) is 0.775. The number of hydrogen-bond donors (Lipinski definition) is 0. The van der Waals surface area contributed by atoms with Crippen molar-refractivity contribution in [2.45, 2.75) is 30.9 Å². The van der Waals surface area contributed by atoms with Gasteiger partial charge in [0.25, 0.3) is 10.0 Å². The van der Waals surface area contributed by atoms with Gasteiger partial charge in [-0.05, 0) is 49.8 Å². The first kappa shape index (κ1) is 16.6. The molecule has 2 aliphatic carbocycles. The van der Waals surface area contributed by atoms with Crippen molar-refractivity contribution in [3.8, 4) is 5.75 Å². The Morgan fingerprint density at radius 2 is 1.88 bits per heavy atom. The zero-order chi connectivity index (χ0) is 17.8. The van der Waals surface area contributed by atoms with Crippen molar-refractivity contribution in [1.82, 2.24) is 4.90 Å².